The van der Waals surface area contributed by atoms with Crippen LogP contribution in [-0.4, -0.2) is 18.5 Å². The number of nitrogens with one attached hydrogen (secondary N) is 1. The van der Waals surface area contributed by atoms with Crippen LogP contribution in [0.3, 0.4) is 0 Å². The Balaban J connectivity index is 1.67. The summed E-state index contributed by atoms with van der Waals surface area (Å²) in [6, 6.07) is 4.08. The Morgan fingerprint density at radius 1 is 1.41 bits per heavy atom. The van der Waals surface area contributed by atoms with E-state index in [4.69, 9.17) is 10.2 Å². The molecular weight excluding hydrogens is 216 g/mol. The third-order valence-electron chi connectivity index (χ3n) is 3.39. The molecule has 94 valence electrons. The van der Waals surface area contributed by atoms with Crippen molar-refractivity contribution in [3.63, 3.8) is 0 Å². The van der Waals surface area contributed by atoms with Crippen LogP contribution in [0.15, 0.2) is 22.8 Å². The maximum Gasteiger partial charge on any atom is 0.223 e. The largest absolute Gasteiger partial charge is 0.469 e. The molecule has 1 aromatic heterocycles. The molecule has 1 heterocycles. The summed E-state index contributed by atoms with van der Waals surface area (Å²) in [6.45, 7) is 0.648. The van der Waals surface area contributed by atoms with Crippen molar-refractivity contribution in [2.45, 2.75) is 38.1 Å². The number of hydrogen-bond donors (Lipinski definition) is 2. The lowest BCUT2D eigenvalue weighted by atomic mass is 9.86. The Morgan fingerprint density at radius 2 is 2.18 bits per heavy atom. The van der Waals surface area contributed by atoms with Gasteiger partial charge in [-0.2, -0.15) is 0 Å². The maximum atomic E-state index is 11.9. The van der Waals surface area contributed by atoms with E-state index in [2.05, 4.69) is 5.32 Å². The van der Waals surface area contributed by atoms with Gasteiger partial charge in [0.25, 0.3) is 0 Å². The summed E-state index contributed by atoms with van der Waals surface area (Å²) in [5.41, 5.74) is 5.82. The SMILES string of the molecule is NC1CCC(C(=O)NCCc2ccco2)CC1. The molecule has 0 aromatic carbocycles. The van der Waals surface area contributed by atoms with Crippen LogP contribution in [-0.2, 0) is 11.2 Å². The van der Waals surface area contributed by atoms with E-state index in [0.717, 1.165) is 37.9 Å². The number of rotatable bonds is 4. The van der Waals surface area contributed by atoms with Gasteiger partial charge in [0.05, 0.1) is 6.26 Å². The normalized spacial score (nSPS) is 24.5. The van der Waals surface area contributed by atoms with Gasteiger partial charge in [-0.25, -0.2) is 0 Å². The van der Waals surface area contributed by atoms with Crippen LogP contribution in [0.5, 0.6) is 0 Å². The van der Waals surface area contributed by atoms with Gasteiger partial charge in [0, 0.05) is 24.9 Å². The summed E-state index contributed by atoms with van der Waals surface area (Å²) in [7, 11) is 0. The zero-order valence-corrected chi connectivity index (χ0v) is 10.0. The molecule has 0 atom stereocenters. The first-order chi connectivity index (χ1) is 8.25. The van der Waals surface area contributed by atoms with E-state index in [-0.39, 0.29) is 11.8 Å². The third kappa shape index (κ3) is 3.60. The molecule has 0 aliphatic heterocycles. The average molecular weight is 236 g/mol. The van der Waals surface area contributed by atoms with E-state index in [9.17, 15) is 4.79 Å². The summed E-state index contributed by atoms with van der Waals surface area (Å²) in [5, 5.41) is 2.97. The van der Waals surface area contributed by atoms with Crippen molar-refractivity contribution in [3.8, 4) is 0 Å². The number of furan rings is 1. The van der Waals surface area contributed by atoms with Gasteiger partial charge in [-0.05, 0) is 37.8 Å². The van der Waals surface area contributed by atoms with Gasteiger partial charge in [-0.15, -0.1) is 0 Å². The van der Waals surface area contributed by atoms with E-state index >= 15 is 0 Å². The van der Waals surface area contributed by atoms with Crippen LogP contribution in [0.4, 0.5) is 0 Å². The second-order valence-corrected chi connectivity index (χ2v) is 4.73. The summed E-state index contributed by atoms with van der Waals surface area (Å²) >= 11 is 0. The zero-order valence-electron chi connectivity index (χ0n) is 10.0. The minimum absolute atomic E-state index is 0.159. The predicted octanol–water partition coefficient (Wildman–Crippen LogP) is 1.46. The lowest BCUT2D eigenvalue weighted by Gasteiger charge is -2.25. The van der Waals surface area contributed by atoms with E-state index in [1.165, 1.54) is 0 Å². The Morgan fingerprint density at radius 3 is 2.82 bits per heavy atom. The molecule has 0 spiro atoms. The van der Waals surface area contributed by atoms with Gasteiger partial charge in [-0.1, -0.05) is 0 Å². The molecule has 1 amide bonds. The molecule has 0 saturated heterocycles. The smallest absolute Gasteiger partial charge is 0.223 e. The minimum atomic E-state index is 0.159. The van der Waals surface area contributed by atoms with Crippen molar-refractivity contribution < 1.29 is 9.21 Å². The quantitative estimate of drug-likeness (QED) is 0.831. The Labute approximate surface area is 102 Å². The molecule has 1 aromatic rings. The van der Waals surface area contributed by atoms with Crippen LogP contribution < -0.4 is 11.1 Å². The van der Waals surface area contributed by atoms with E-state index < -0.39 is 0 Å². The van der Waals surface area contributed by atoms with Crippen molar-refractivity contribution in [1.29, 1.82) is 0 Å². The molecule has 2 rings (SSSR count). The number of carbonyl (C=O) groups excluding carboxylic acids is 1. The average Bonchev–Trinajstić information content (AvgIpc) is 2.83. The number of carbonyl (C=O) groups is 1. The highest BCUT2D eigenvalue weighted by Gasteiger charge is 2.24. The van der Waals surface area contributed by atoms with Crippen molar-refractivity contribution in [2.75, 3.05) is 6.54 Å². The topological polar surface area (TPSA) is 68.3 Å². The Kier molecular flexibility index (Phi) is 4.20. The lowest BCUT2D eigenvalue weighted by Crippen LogP contribution is -2.36. The number of hydrogen-bond acceptors (Lipinski definition) is 3. The molecular formula is C13H20N2O2. The molecule has 0 bridgehead atoms. The van der Waals surface area contributed by atoms with Gasteiger partial charge in [0.15, 0.2) is 0 Å². The number of nitrogens with two attached hydrogens (primary N) is 1. The molecule has 0 unspecified atom stereocenters. The second-order valence-electron chi connectivity index (χ2n) is 4.73. The first-order valence-corrected chi connectivity index (χ1v) is 6.31. The van der Waals surface area contributed by atoms with Crippen molar-refractivity contribution in [1.82, 2.24) is 5.32 Å². The summed E-state index contributed by atoms with van der Waals surface area (Å²) in [4.78, 5) is 11.9. The Bertz CT molecular complexity index is 340. The van der Waals surface area contributed by atoms with E-state index in [1.807, 2.05) is 12.1 Å². The van der Waals surface area contributed by atoms with Crippen molar-refractivity contribution in [3.05, 3.63) is 24.2 Å². The zero-order chi connectivity index (χ0) is 12.1. The van der Waals surface area contributed by atoms with Gasteiger partial charge in [-0.3, -0.25) is 4.79 Å². The predicted molar refractivity (Wildman–Crippen MR) is 65.4 cm³/mol. The molecule has 4 heteroatoms. The van der Waals surface area contributed by atoms with Gasteiger partial charge < -0.3 is 15.5 Å². The van der Waals surface area contributed by atoms with Crippen LogP contribution >= 0.6 is 0 Å². The first kappa shape index (κ1) is 12.2. The third-order valence-corrected chi connectivity index (χ3v) is 3.39. The molecule has 3 N–H and O–H groups in total. The van der Waals surface area contributed by atoms with Crippen LogP contribution in [0.2, 0.25) is 0 Å². The molecule has 1 saturated carbocycles. The fourth-order valence-electron chi connectivity index (χ4n) is 2.29. The van der Waals surface area contributed by atoms with E-state index in [0.29, 0.717) is 12.6 Å². The maximum absolute atomic E-state index is 11.9. The summed E-state index contributed by atoms with van der Waals surface area (Å²) in [6.07, 6.45) is 6.19. The van der Waals surface area contributed by atoms with Crippen molar-refractivity contribution in [2.24, 2.45) is 11.7 Å². The van der Waals surface area contributed by atoms with E-state index in [1.54, 1.807) is 6.26 Å². The fourth-order valence-corrected chi connectivity index (χ4v) is 2.29. The first-order valence-electron chi connectivity index (χ1n) is 6.31. The second kappa shape index (κ2) is 5.87. The highest BCUT2D eigenvalue weighted by Crippen LogP contribution is 2.23. The van der Waals surface area contributed by atoms with Crippen LogP contribution in [0.25, 0.3) is 0 Å². The monoisotopic (exact) mass is 236 g/mol. The minimum Gasteiger partial charge on any atom is -0.469 e. The molecule has 1 aliphatic rings. The molecule has 1 aliphatic carbocycles. The fraction of sp³-hybridized carbons (Fsp3) is 0.615. The molecule has 1 fully saturated rings. The van der Waals surface area contributed by atoms with Gasteiger partial charge >= 0.3 is 0 Å². The van der Waals surface area contributed by atoms with Crippen LogP contribution in [0.1, 0.15) is 31.4 Å². The summed E-state index contributed by atoms with van der Waals surface area (Å²) in [5.74, 6) is 1.24. The molecule has 4 nitrogen and oxygen atoms in total. The standard InChI is InChI=1S/C13H20N2O2/c14-11-5-3-10(4-6-11)13(16)15-8-7-12-2-1-9-17-12/h1-2,9-11H,3-8,14H2,(H,15,16). The van der Waals surface area contributed by atoms with Crippen molar-refractivity contribution >= 4 is 5.91 Å². The molecule has 17 heavy (non-hydrogen) atoms. The highest BCUT2D eigenvalue weighted by molar-refractivity contribution is 5.78. The Hall–Kier alpha value is -1.29. The summed E-state index contributed by atoms with van der Waals surface area (Å²) < 4.78 is 5.21. The highest BCUT2D eigenvalue weighted by atomic mass is 16.3. The van der Waals surface area contributed by atoms with Gasteiger partial charge in [0.1, 0.15) is 5.76 Å². The number of amides is 1. The van der Waals surface area contributed by atoms with Gasteiger partial charge in [0.2, 0.25) is 5.91 Å². The molecule has 0 radical (unpaired) electrons. The lowest BCUT2D eigenvalue weighted by molar-refractivity contribution is -0.125. The van der Waals surface area contributed by atoms with Crippen LogP contribution in [0, 0.1) is 5.92 Å².